The molecule has 0 spiro atoms. The van der Waals surface area contributed by atoms with Crippen molar-refractivity contribution in [1.29, 1.82) is 0 Å². The molecule has 0 aromatic carbocycles. The van der Waals surface area contributed by atoms with E-state index >= 15 is 0 Å². The summed E-state index contributed by atoms with van der Waals surface area (Å²) in [5.74, 6) is -1.39. The number of fused-ring (bicyclic) bond motifs is 1. The van der Waals surface area contributed by atoms with Gasteiger partial charge in [0.25, 0.3) is 5.91 Å². The first kappa shape index (κ1) is 19.6. The van der Waals surface area contributed by atoms with E-state index in [0.29, 0.717) is 17.0 Å². The Morgan fingerprint density at radius 2 is 2.00 bits per heavy atom. The lowest BCUT2D eigenvalue weighted by Gasteiger charge is -2.16. The number of amides is 1. The fourth-order valence-corrected chi connectivity index (χ4v) is 4.87. The van der Waals surface area contributed by atoms with Gasteiger partial charge in [-0.1, -0.05) is 18.6 Å². The van der Waals surface area contributed by atoms with E-state index in [1.165, 1.54) is 18.4 Å². The molecule has 0 saturated heterocycles. The number of ether oxygens (including phenoxy) is 2. The smallest absolute Gasteiger partial charge is 0.341 e. The number of esters is 2. The van der Waals surface area contributed by atoms with Gasteiger partial charge in [0.05, 0.1) is 18.6 Å². The first-order valence-corrected chi connectivity index (χ1v) is 10.3. The molecule has 0 bridgehead atoms. The van der Waals surface area contributed by atoms with Crippen molar-refractivity contribution in [2.24, 2.45) is 5.92 Å². The van der Waals surface area contributed by atoms with E-state index in [1.54, 1.807) is 0 Å². The lowest BCUT2D eigenvalue weighted by atomic mass is 9.95. The van der Waals surface area contributed by atoms with Crippen LogP contribution < -0.4 is 5.32 Å². The van der Waals surface area contributed by atoms with Crippen molar-refractivity contribution in [3.63, 3.8) is 0 Å². The molecule has 1 atom stereocenters. The van der Waals surface area contributed by atoms with Crippen LogP contribution in [0.5, 0.6) is 0 Å². The van der Waals surface area contributed by atoms with E-state index in [0.717, 1.165) is 55.4 Å². The van der Waals surface area contributed by atoms with E-state index in [4.69, 9.17) is 9.47 Å². The predicted octanol–water partition coefficient (Wildman–Crippen LogP) is 3.64. The van der Waals surface area contributed by atoms with Crippen molar-refractivity contribution in [2.75, 3.05) is 19.0 Å². The summed E-state index contributed by atoms with van der Waals surface area (Å²) in [6.45, 7) is -0.345. The van der Waals surface area contributed by atoms with Gasteiger partial charge in [0, 0.05) is 4.88 Å². The highest BCUT2D eigenvalue weighted by Crippen LogP contribution is 2.37. The molecule has 1 heterocycles. The number of aryl methyl sites for hydroxylation is 1. The average Bonchev–Trinajstić information content (AvgIpc) is 2.86. The molecule has 2 aliphatic carbocycles. The standard InChI is InChI=1S/C20H25NO5S/c1-25-20(24)17-14-10-6-3-7-11-15(14)27-18(17)21-16(22)12-26-19(23)13-8-4-2-5-9-13/h2,4,13H,3,5-12H2,1H3,(H,21,22)/t13-/m0/s1. The van der Waals surface area contributed by atoms with E-state index in [-0.39, 0.29) is 18.5 Å². The maximum absolute atomic E-state index is 12.3. The molecule has 1 aromatic heterocycles. The summed E-state index contributed by atoms with van der Waals surface area (Å²) in [4.78, 5) is 37.8. The van der Waals surface area contributed by atoms with E-state index in [1.807, 2.05) is 12.2 Å². The molecule has 0 saturated carbocycles. The molecule has 146 valence electrons. The topological polar surface area (TPSA) is 81.7 Å². The van der Waals surface area contributed by atoms with Gasteiger partial charge in [-0.3, -0.25) is 9.59 Å². The zero-order valence-electron chi connectivity index (χ0n) is 15.5. The summed E-state index contributed by atoms with van der Waals surface area (Å²) in [6.07, 6.45) is 11.2. The van der Waals surface area contributed by atoms with Crippen LogP contribution in [0.3, 0.4) is 0 Å². The van der Waals surface area contributed by atoms with Gasteiger partial charge in [-0.05, 0) is 50.5 Å². The Hall–Kier alpha value is -2.15. The molecule has 7 heteroatoms. The number of rotatable bonds is 5. The number of hydrogen-bond donors (Lipinski definition) is 1. The molecule has 0 aliphatic heterocycles. The minimum Gasteiger partial charge on any atom is -0.465 e. The molecule has 2 aliphatic rings. The van der Waals surface area contributed by atoms with Crippen LogP contribution in [0.4, 0.5) is 5.00 Å². The van der Waals surface area contributed by atoms with Gasteiger partial charge < -0.3 is 14.8 Å². The Morgan fingerprint density at radius 1 is 1.19 bits per heavy atom. The third-order valence-electron chi connectivity index (χ3n) is 5.01. The predicted molar refractivity (Wildman–Crippen MR) is 103 cm³/mol. The van der Waals surface area contributed by atoms with Crippen molar-refractivity contribution in [1.82, 2.24) is 0 Å². The Morgan fingerprint density at radius 3 is 2.74 bits per heavy atom. The summed E-state index contributed by atoms with van der Waals surface area (Å²) in [5.41, 5.74) is 1.45. The molecule has 0 unspecified atom stereocenters. The Labute approximate surface area is 162 Å². The first-order chi connectivity index (χ1) is 13.1. The van der Waals surface area contributed by atoms with E-state index in [9.17, 15) is 14.4 Å². The second kappa shape index (κ2) is 9.17. The van der Waals surface area contributed by atoms with Crippen LogP contribution in [0.2, 0.25) is 0 Å². The molecule has 3 rings (SSSR count). The highest BCUT2D eigenvalue weighted by molar-refractivity contribution is 7.17. The van der Waals surface area contributed by atoms with Crippen molar-refractivity contribution < 1.29 is 23.9 Å². The molecule has 6 nitrogen and oxygen atoms in total. The highest BCUT2D eigenvalue weighted by Gasteiger charge is 2.27. The highest BCUT2D eigenvalue weighted by atomic mass is 32.1. The van der Waals surface area contributed by atoms with E-state index < -0.39 is 11.9 Å². The molecule has 1 aromatic rings. The van der Waals surface area contributed by atoms with Gasteiger partial charge in [0.1, 0.15) is 5.00 Å². The van der Waals surface area contributed by atoms with E-state index in [2.05, 4.69) is 5.32 Å². The van der Waals surface area contributed by atoms with Crippen molar-refractivity contribution in [3.8, 4) is 0 Å². The Kier molecular flexibility index (Phi) is 6.66. The SMILES string of the molecule is COC(=O)c1c(NC(=O)COC(=O)[C@H]2CC=CCC2)sc2c1CCCCC2. The number of thiophene rings is 1. The third kappa shape index (κ3) is 4.77. The number of carbonyl (C=O) groups excluding carboxylic acids is 3. The number of anilines is 1. The number of allylic oxidation sites excluding steroid dienone is 2. The van der Waals surface area contributed by atoms with Gasteiger partial charge in [-0.15, -0.1) is 11.3 Å². The molecular formula is C20H25NO5S. The maximum atomic E-state index is 12.3. The molecular weight excluding hydrogens is 366 g/mol. The van der Waals surface area contributed by atoms with Gasteiger partial charge in [-0.25, -0.2) is 4.79 Å². The van der Waals surface area contributed by atoms with Crippen LogP contribution in [0.25, 0.3) is 0 Å². The van der Waals surface area contributed by atoms with Crippen LogP contribution in [0.15, 0.2) is 12.2 Å². The zero-order chi connectivity index (χ0) is 19.2. The minimum absolute atomic E-state index is 0.175. The maximum Gasteiger partial charge on any atom is 0.341 e. The lowest BCUT2D eigenvalue weighted by Crippen LogP contribution is -2.25. The quantitative estimate of drug-likeness (QED) is 0.471. The Balaban J connectivity index is 1.65. The van der Waals surface area contributed by atoms with Crippen molar-refractivity contribution >= 4 is 34.2 Å². The second-order valence-corrected chi connectivity index (χ2v) is 8.00. The molecule has 0 radical (unpaired) electrons. The van der Waals surface area contributed by atoms with Crippen LogP contribution in [0, 0.1) is 5.92 Å². The molecule has 1 amide bonds. The fourth-order valence-electron chi connectivity index (χ4n) is 3.57. The molecule has 0 fully saturated rings. The van der Waals surface area contributed by atoms with Gasteiger partial charge in [0.2, 0.25) is 0 Å². The summed E-state index contributed by atoms with van der Waals surface area (Å²) in [6, 6.07) is 0. The van der Waals surface area contributed by atoms with Gasteiger partial charge in [-0.2, -0.15) is 0 Å². The van der Waals surface area contributed by atoms with Gasteiger partial charge >= 0.3 is 11.9 Å². The monoisotopic (exact) mass is 391 g/mol. The summed E-state index contributed by atoms with van der Waals surface area (Å²) >= 11 is 1.43. The summed E-state index contributed by atoms with van der Waals surface area (Å²) < 4.78 is 10.1. The molecule has 27 heavy (non-hydrogen) atoms. The third-order valence-corrected chi connectivity index (χ3v) is 6.22. The zero-order valence-corrected chi connectivity index (χ0v) is 16.4. The van der Waals surface area contributed by atoms with Gasteiger partial charge in [0.15, 0.2) is 6.61 Å². The largest absolute Gasteiger partial charge is 0.465 e. The van der Waals surface area contributed by atoms with Crippen LogP contribution in [-0.2, 0) is 31.9 Å². The minimum atomic E-state index is -0.435. The van der Waals surface area contributed by atoms with Crippen molar-refractivity contribution in [2.45, 2.75) is 51.4 Å². The molecule has 1 N–H and O–H groups in total. The Bertz CT molecular complexity index is 752. The van der Waals surface area contributed by atoms with Crippen molar-refractivity contribution in [3.05, 3.63) is 28.2 Å². The number of methoxy groups -OCH3 is 1. The normalized spacial score (nSPS) is 18.9. The second-order valence-electron chi connectivity index (χ2n) is 6.90. The fraction of sp³-hybridized carbons (Fsp3) is 0.550. The number of nitrogens with one attached hydrogen (secondary N) is 1. The van der Waals surface area contributed by atoms with Crippen LogP contribution >= 0.6 is 11.3 Å². The first-order valence-electron chi connectivity index (χ1n) is 9.44. The number of hydrogen-bond acceptors (Lipinski definition) is 6. The summed E-state index contributed by atoms with van der Waals surface area (Å²) in [7, 11) is 1.34. The summed E-state index contributed by atoms with van der Waals surface area (Å²) in [5, 5.41) is 3.24. The number of carbonyl (C=O) groups is 3. The van der Waals surface area contributed by atoms with Crippen LogP contribution in [-0.4, -0.2) is 31.6 Å². The lowest BCUT2D eigenvalue weighted by molar-refractivity contribution is -0.151. The van der Waals surface area contributed by atoms with Crippen LogP contribution in [0.1, 0.15) is 59.3 Å². The average molecular weight is 391 g/mol.